The van der Waals surface area contributed by atoms with Crippen LogP contribution in [0.15, 0.2) is 18.2 Å². The van der Waals surface area contributed by atoms with Crippen LogP contribution in [0.25, 0.3) is 0 Å². The molecule has 0 atom stereocenters. The van der Waals surface area contributed by atoms with Gasteiger partial charge in [0.2, 0.25) is 0 Å². The van der Waals surface area contributed by atoms with Gasteiger partial charge in [-0.25, -0.2) is 0 Å². The van der Waals surface area contributed by atoms with Gasteiger partial charge in [0.15, 0.2) is 0 Å². The van der Waals surface area contributed by atoms with Crippen molar-refractivity contribution in [1.29, 1.82) is 0 Å². The molecule has 0 heterocycles. The monoisotopic (exact) mass is 345 g/mol. The normalized spacial score (nSPS) is 53.4. The summed E-state index contributed by atoms with van der Waals surface area (Å²) in [5, 5.41) is 0. The molecule has 1 aromatic rings. The molecular formula is C26H33. The van der Waals surface area contributed by atoms with Crippen LogP contribution >= 0.6 is 0 Å². The number of hydrogen-bond donors (Lipinski definition) is 0. The summed E-state index contributed by atoms with van der Waals surface area (Å²) in [4.78, 5) is 0. The third kappa shape index (κ3) is 1.97. The summed E-state index contributed by atoms with van der Waals surface area (Å²) in [7, 11) is 0. The van der Waals surface area contributed by atoms with Gasteiger partial charge in [-0.05, 0) is 141 Å². The Morgan fingerprint density at radius 2 is 0.962 bits per heavy atom. The molecule has 137 valence electrons. The van der Waals surface area contributed by atoms with E-state index >= 15 is 0 Å². The van der Waals surface area contributed by atoms with Crippen molar-refractivity contribution in [3.8, 4) is 0 Å². The summed E-state index contributed by atoms with van der Waals surface area (Å²) in [5.74, 6) is 6.29. The van der Waals surface area contributed by atoms with Crippen LogP contribution in [0.4, 0.5) is 0 Å². The molecule has 8 aliphatic rings. The smallest absolute Gasteiger partial charge is 0.00359 e. The lowest BCUT2D eigenvalue weighted by atomic mass is 9.44. The summed E-state index contributed by atoms with van der Waals surface area (Å²) in [5.41, 5.74) is 4.74. The molecule has 9 rings (SSSR count). The topological polar surface area (TPSA) is 0 Å². The summed E-state index contributed by atoms with van der Waals surface area (Å²) in [6.07, 6.45) is 18.4. The number of hydrogen-bond acceptors (Lipinski definition) is 0. The third-order valence-electron chi connectivity index (χ3n) is 10.1. The van der Waals surface area contributed by atoms with Gasteiger partial charge in [-0.1, -0.05) is 18.2 Å². The molecule has 1 radical (unpaired) electrons. The molecule has 8 saturated carbocycles. The van der Waals surface area contributed by atoms with Crippen LogP contribution in [0.5, 0.6) is 0 Å². The van der Waals surface area contributed by atoms with Crippen LogP contribution in [-0.4, -0.2) is 0 Å². The molecule has 0 aliphatic heterocycles. The minimum atomic E-state index is 0.547. The highest BCUT2D eigenvalue weighted by Gasteiger charge is 2.56. The van der Waals surface area contributed by atoms with Crippen molar-refractivity contribution in [3.05, 3.63) is 35.4 Å². The Balaban J connectivity index is 1.36. The molecule has 0 unspecified atom stereocenters. The van der Waals surface area contributed by atoms with E-state index < -0.39 is 0 Å². The minimum absolute atomic E-state index is 0.547. The first-order chi connectivity index (χ1) is 12.7. The predicted molar refractivity (Wildman–Crippen MR) is 105 cm³/mol. The van der Waals surface area contributed by atoms with Crippen LogP contribution < -0.4 is 0 Å². The van der Waals surface area contributed by atoms with Crippen LogP contribution in [0.2, 0.25) is 0 Å². The first kappa shape index (κ1) is 15.2. The van der Waals surface area contributed by atoms with Crippen LogP contribution in [0.1, 0.15) is 88.2 Å². The van der Waals surface area contributed by atoms with Gasteiger partial charge >= 0.3 is 0 Å². The molecule has 8 fully saturated rings. The predicted octanol–water partition coefficient (Wildman–Crippen LogP) is 6.42. The lowest BCUT2D eigenvalue weighted by Gasteiger charge is -2.61. The minimum Gasteiger partial charge on any atom is -0.0576 e. The van der Waals surface area contributed by atoms with Crippen LogP contribution in [-0.2, 0) is 10.8 Å². The molecule has 0 aromatic heterocycles. The van der Waals surface area contributed by atoms with Crippen molar-refractivity contribution in [2.45, 2.75) is 87.9 Å². The maximum Gasteiger partial charge on any atom is -0.00359 e. The van der Waals surface area contributed by atoms with Gasteiger partial charge in [0, 0.05) is 0 Å². The van der Waals surface area contributed by atoms with E-state index in [1.165, 1.54) is 38.5 Å². The first-order valence-electron chi connectivity index (χ1n) is 11.7. The van der Waals surface area contributed by atoms with Crippen molar-refractivity contribution in [1.82, 2.24) is 0 Å². The quantitative estimate of drug-likeness (QED) is 0.580. The van der Waals surface area contributed by atoms with E-state index in [4.69, 9.17) is 0 Å². The third-order valence-corrected chi connectivity index (χ3v) is 10.1. The Morgan fingerprint density at radius 1 is 0.577 bits per heavy atom. The lowest BCUT2D eigenvalue weighted by molar-refractivity contribution is -0.0174. The zero-order chi connectivity index (χ0) is 16.9. The van der Waals surface area contributed by atoms with E-state index in [9.17, 15) is 0 Å². The lowest BCUT2D eigenvalue weighted by Crippen LogP contribution is -2.52. The van der Waals surface area contributed by atoms with Crippen molar-refractivity contribution < 1.29 is 0 Å². The van der Waals surface area contributed by atoms with E-state index in [2.05, 4.69) is 24.3 Å². The summed E-state index contributed by atoms with van der Waals surface area (Å²) in [6.45, 7) is 0. The van der Waals surface area contributed by atoms with Crippen LogP contribution in [0.3, 0.4) is 0 Å². The second kappa shape index (κ2) is 4.98. The molecule has 0 N–H and O–H groups in total. The van der Waals surface area contributed by atoms with Gasteiger partial charge in [0.1, 0.15) is 0 Å². The molecule has 0 saturated heterocycles. The fraction of sp³-hybridized carbons (Fsp3) is 0.769. The van der Waals surface area contributed by atoms with E-state index in [1.54, 1.807) is 44.1 Å². The highest BCUT2D eigenvalue weighted by atomic mass is 14.6. The average molecular weight is 346 g/mol. The maximum absolute atomic E-state index is 3.56. The molecule has 8 bridgehead atoms. The molecule has 0 spiro atoms. The van der Waals surface area contributed by atoms with Crippen LogP contribution in [0, 0.1) is 41.6 Å². The largest absolute Gasteiger partial charge is 0.0576 e. The molecular weight excluding hydrogens is 312 g/mol. The van der Waals surface area contributed by atoms with Gasteiger partial charge in [-0.2, -0.15) is 0 Å². The molecule has 0 nitrogen and oxygen atoms in total. The van der Waals surface area contributed by atoms with E-state index in [-0.39, 0.29) is 0 Å². The maximum atomic E-state index is 3.56. The Kier molecular flexibility index (Phi) is 2.91. The van der Waals surface area contributed by atoms with Gasteiger partial charge in [-0.15, -0.1) is 0 Å². The Bertz CT molecular complexity index is 607. The van der Waals surface area contributed by atoms with E-state index in [0.717, 1.165) is 35.5 Å². The number of benzene rings is 1. The Hall–Kier alpha value is -0.780. The highest BCUT2D eigenvalue weighted by Crippen LogP contribution is 2.65. The zero-order valence-corrected chi connectivity index (χ0v) is 16.2. The van der Waals surface area contributed by atoms with Gasteiger partial charge in [-0.3, -0.25) is 0 Å². The standard InChI is InChI=1S/C26H33/c1-2-4-24(26-14-20-8-21(15-26)10-22(9-20)16-26)23(3-1)25-11-17-5-18(12-25)7-19(6-17)13-25/h1,3-4,17-22H,5-16H2. The summed E-state index contributed by atoms with van der Waals surface area (Å²) < 4.78 is 0. The zero-order valence-electron chi connectivity index (χ0n) is 16.2. The van der Waals surface area contributed by atoms with Crippen molar-refractivity contribution in [2.24, 2.45) is 35.5 Å². The summed E-state index contributed by atoms with van der Waals surface area (Å²) >= 11 is 0. The van der Waals surface area contributed by atoms with Crippen molar-refractivity contribution >= 4 is 0 Å². The number of rotatable bonds is 2. The molecule has 1 aromatic carbocycles. The average Bonchev–Trinajstić information content (AvgIpc) is 2.59. The molecule has 0 amide bonds. The Labute approximate surface area is 159 Å². The van der Waals surface area contributed by atoms with Gasteiger partial charge < -0.3 is 0 Å². The van der Waals surface area contributed by atoms with Gasteiger partial charge in [0.25, 0.3) is 0 Å². The van der Waals surface area contributed by atoms with Crippen molar-refractivity contribution in [2.75, 3.05) is 0 Å². The highest BCUT2D eigenvalue weighted by molar-refractivity contribution is 5.43. The Morgan fingerprint density at radius 3 is 1.38 bits per heavy atom. The van der Waals surface area contributed by atoms with E-state index in [0.29, 0.717) is 10.8 Å². The first-order valence-corrected chi connectivity index (χ1v) is 11.7. The fourth-order valence-electron chi connectivity index (χ4n) is 10.2. The SMILES string of the molecule is [c]1ccc(C23CC4CC(CC(C4)C2)C3)c(C23CC4CC(CC(C4)C2)C3)c1. The summed E-state index contributed by atoms with van der Waals surface area (Å²) in [6, 6.07) is 10.9. The molecule has 8 aliphatic carbocycles. The fourth-order valence-corrected chi connectivity index (χ4v) is 10.2. The molecule has 26 heavy (non-hydrogen) atoms. The second-order valence-electron chi connectivity index (χ2n) is 11.9. The second-order valence-corrected chi connectivity index (χ2v) is 11.9. The van der Waals surface area contributed by atoms with Crippen molar-refractivity contribution in [3.63, 3.8) is 0 Å². The van der Waals surface area contributed by atoms with Gasteiger partial charge in [0.05, 0.1) is 0 Å². The van der Waals surface area contributed by atoms with E-state index in [1.807, 2.05) is 5.56 Å². The molecule has 0 heteroatoms.